The molecule has 1 aromatic heterocycles. The molecular weight excluding hydrogens is 166 g/mol. The zero-order valence-electron chi connectivity index (χ0n) is 8.48. The highest BCUT2D eigenvalue weighted by Crippen LogP contribution is 2.16. The van der Waals surface area contributed by atoms with E-state index in [0.717, 1.165) is 30.0 Å². The van der Waals surface area contributed by atoms with Gasteiger partial charge < -0.3 is 10.1 Å². The molecule has 1 rings (SSSR count). The Labute approximate surface area is 78.7 Å². The zero-order valence-corrected chi connectivity index (χ0v) is 8.48. The number of anilines is 1. The monoisotopic (exact) mass is 183 g/mol. The van der Waals surface area contributed by atoms with Crippen molar-refractivity contribution in [3.63, 3.8) is 0 Å². The van der Waals surface area contributed by atoms with Gasteiger partial charge in [-0.15, -0.1) is 0 Å². The summed E-state index contributed by atoms with van der Waals surface area (Å²) in [6, 6.07) is 0. The molecule has 2 N–H and O–H groups in total. The maximum absolute atomic E-state index is 5.09. The van der Waals surface area contributed by atoms with Crippen molar-refractivity contribution in [1.29, 1.82) is 0 Å². The predicted molar refractivity (Wildman–Crippen MR) is 52.8 cm³/mol. The molecule has 13 heavy (non-hydrogen) atoms. The zero-order chi connectivity index (χ0) is 9.68. The number of methoxy groups -OCH3 is 1. The molecule has 0 bridgehead atoms. The molecule has 4 nitrogen and oxygen atoms in total. The van der Waals surface area contributed by atoms with E-state index in [1.165, 1.54) is 0 Å². The first-order chi connectivity index (χ1) is 6.29. The third-order valence-electron chi connectivity index (χ3n) is 1.91. The van der Waals surface area contributed by atoms with Gasteiger partial charge in [-0.1, -0.05) is 6.92 Å². The Hall–Kier alpha value is -1.03. The number of aryl methyl sites for hydroxylation is 1. The SMILES string of the molecule is CCCNc1n[nH]c(C)c1COC. The van der Waals surface area contributed by atoms with Crippen molar-refractivity contribution < 1.29 is 4.74 Å². The van der Waals surface area contributed by atoms with E-state index in [4.69, 9.17) is 4.74 Å². The lowest BCUT2D eigenvalue weighted by Gasteiger charge is -2.04. The smallest absolute Gasteiger partial charge is 0.153 e. The summed E-state index contributed by atoms with van der Waals surface area (Å²) in [5.41, 5.74) is 2.19. The third-order valence-corrected chi connectivity index (χ3v) is 1.91. The van der Waals surface area contributed by atoms with Gasteiger partial charge in [0.05, 0.1) is 6.61 Å². The summed E-state index contributed by atoms with van der Waals surface area (Å²) >= 11 is 0. The van der Waals surface area contributed by atoms with Crippen LogP contribution < -0.4 is 5.32 Å². The van der Waals surface area contributed by atoms with Crippen LogP contribution >= 0.6 is 0 Å². The molecule has 0 fully saturated rings. The van der Waals surface area contributed by atoms with Gasteiger partial charge >= 0.3 is 0 Å². The second kappa shape index (κ2) is 4.87. The van der Waals surface area contributed by atoms with Crippen LogP contribution in [0.25, 0.3) is 0 Å². The van der Waals surface area contributed by atoms with Gasteiger partial charge in [0, 0.05) is 24.9 Å². The molecule has 0 saturated carbocycles. The van der Waals surface area contributed by atoms with E-state index < -0.39 is 0 Å². The molecule has 0 aliphatic rings. The minimum Gasteiger partial charge on any atom is -0.380 e. The summed E-state index contributed by atoms with van der Waals surface area (Å²) in [6.45, 7) is 5.68. The first kappa shape index (κ1) is 10.1. The number of ether oxygens (including phenoxy) is 1. The maximum atomic E-state index is 5.09. The van der Waals surface area contributed by atoms with Crippen LogP contribution in [-0.4, -0.2) is 23.9 Å². The van der Waals surface area contributed by atoms with Gasteiger partial charge in [-0.25, -0.2) is 0 Å². The van der Waals surface area contributed by atoms with E-state index in [-0.39, 0.29) is 0 Å². The fourth-order valence-corrected chi connectivity index (χ4v) is 1.16. The van der Waals surface area contributed by atoms with Crippen LogP contribution in [0.15, 0.2) is 0 Å². The normalized spacial score (nSPS) is 10.4. The predicted octanol–water partition coefficient (Wildman–Crippen LogP) is 1.69. The summed E-state index contributed by atoms with van der Waals surface area (Å²) in [5, 5.41) is 10.3. The van der Waals surface area contributed by atoms with Gasteiger partial charge in [0.25, 0.3) is 0 Å². The molecule has 4 heteroatoms. The van der Waals surface area contributed by atoms with Crippen molar-refractivity contribution in [2.45, 2.75) is 26.9 Å². The van der Waals surface area contributed by atoms with Crippen LogP contribution in [0.4, 0.5) is 5.82 Å². The summed E-state index contributed by atoms with van der Waals surface area (Å²) in [4.78, 5) is 0. The lowest BCUT2D eigenvalue weighted by molar-refractivity contribution is 0.185. The highest BCUT2D eigenvalue weighted by Gasteiger charge is 2.08. The second-order valence-corrected chi connectivity index (χ2v) is 3.04. The van der Waals surface area contributed by atoms with E-state index in [2.05, 4.69) is 22.4 Å². The number of aromatic amines is 1. The fourth-order valence-electron chi connectivity index (χ4n) is 1.16. The Kier molecular flexibility index (Phi) is 3.76. The van der Waals surface area contributed by atoms with Crippen LogP contribution in [0.5, 0.6) is 0 Å². The number of hydrogen-bond donors (Lipinski definition) is 2. The third kappa shape index (κ3) is 2.45. The van der Waals surface area contributed by atoms with Crippen molar-refractivity contribution in [3.05, 3.63) is 11.3 Å². The number of nitrogens with one attached hydrogen (secondary N) is 2. The topological polar surface area (TPSA) is 49.9 Å². The summed E-state index contributed by atoms with van der Waals surface area (Å²) in [6.07, 6.45) is 1.10. The molecule has 74 valence electrons. The van der Waals surface area contributed by atoms with E-state index in [1.807, 2.05) is 6.92 Å². The molecule has 1 heterocycles. The summed E-state index contributed by atoms with van der Waals surface area (Å²) in [7, 11) is 1.69. The van der Waals surface area contributed by atoms with Crippen LogP contribution in [0.2, 0.25) is 0 Å². The molecule has 0 amide bonds. The standard InChI is InChI=1S/C9H17N3O/c1-4-5-10-9-8(6-13-3)7(2)11-12-9/h4-6H2,1-3H3,(H2,10,11,12). The van der Waals surface area contributed by atoms with Crippen LogP contribution in [0.1, 0.15) is 24.6 Å². The van der Waals surface area contributed by atoms with Crippen molar-refractivity contribution in [3.8, 4) is 0 Å². The molecule has 0 aliphatic carbocycles. The summed E-state index contributed by atoms with van der Waals surface area (Å²) < 4.78 is 5.09. The molecule has 0 aliphatic heterocycles. The van der Waals surface area contributed by atoms with Gasteiger partial charge in [0.15, 0.2) is 5.82 Å². The molecule has 0 aromatic carbocycles. The van der Waals surface area contributed by atoms with Gasteiger partial charge in [0.2, 0.25) is 0 Å². The minimum absolute atomic E-state index is 0.606. The molecule has 0 atom stereocenters. The molecule has 1 aromatic rings. The molecule has 0 unspecified atom stereocenters. The summed E-state index contributed by atoms with van der Waals surface area (Å²) in [5.74, 6) is 0.918. The van der Waals surface area contributed by atoms with Crippen molar-refractivity contribution in [2.24, 2.45) is 0 Å². The molecular formula is C9H17N3O. The quantitative estimate of drug-likeness (QED) is 0.730. The highest BCUT2D eigenvalue weighted by molar-refractivity contribution is 5.45. The Balaban J connectivity index is 2.68. The van der Waals surface area contributed by atoms with E-state index in [9.17, 15) is 0 Å². The Morgan fingerprint density at radius 3 is 2.92 bits per heavy atom. The largest absolute Gasteiger partial charge is 0.380 e. The second-order valence-electron chi connectivity index (χ2n) is 3.04. The Bertz CT molecular complexity index is 257. The molecule has 0 saturated heterocycles. The number of hydrogen-bond acceptors (Lipinski definition) is 3. The lowest BCUT2D eigenvalue weighted by atomic mass is 10.2. The van der Waals surface area contributed by atoms with Crippen molar-refractivity contribution >= 4 is 5.82 Å². The average Bonchev–Trinajstić information content (AvgIpc) is 2.46. The van der Waals surface area contributed by atoms with E-state index in [0.29, 0.717) is 6.61 Å². The Morgan fingerprint density at radius 2 is 2.31 bits per heavy atom. The number of rotatable bonds is 5. The number of H-pyrrole nitrogens is 1. The minimum atomic E-state index is 0.606. The van der Waals surface area contributed by atoms with Crippen LogP contribution in [-0.2, 0) is 11.3 Å². The molecule has 0 spiro atoms. The van der Waals surface area contributed by atoms with Crippen molar-refractivity contribution in [2.75, 3.05) is 19.0 Å². The van der Waals surface area contributed by atoms with Gasteiger partial charge in [-0.05, 0) is 13.3 Å². The molecule has 0 radical (unpaired) electrons. The maximum Gasteiger partial charge on any atom is 0.153 e. The fraction of sp³-hybridized carbons (Fsp3) is 0.667. The number of nitrogens with zero attached hydrogens (tertiary/aromatic N) is 1. The Morgan fingerprint density at radius 1 is 1.54 bits per heavy atom. The van der Waals surface area contributed by atoms with Gasteiger partial charge in [-0.3, -0.25) is 5.10 Å². The van der Waals surface area contributed by atoms with Crippen molar-refractivity contribution in [1.82, 2.24) is 10.2 Å². The average molecular weight is 183 g/mol. The van der Waals surface area contributed by atoms with Crippen LogP contribution in [0, 0.1) is 6.92 Å². The lowest BCUT2D eigenvalue weighted by Crippen LogP contribution is -2.03. The van der Waals surface area contributed by atoms with Crippen LogP contribution in [0.3, 0.4) is 0 Å². The van der Waals surface area contributed by atoms with E-state index in [1.54, 1.807) is 7.11 Å². The number of aromatic nitrogens is 2. The first-order valence-corrected chi connectivity index (χ1v) is 4.56. The first-order valence-electron chi connectivity index (χ1n) is 4.56. The van der Waals surface area contributed by atoms with Gasteiger partial charge in [-0.2, -0.15) is 5.10 Å². The van der Waals surface area contributed by atoms with E-state index >= 15 is 0 Å². The van der Waals surface area contributed by atoms with Gasteiger partial charge in [0.1, 0.15) is 0 Å². The highest BCUT2D eigenvalue weighted by atomic mass is 16.5.